The lowest BCUT2D eigenvalue weighted by Crippen LogP contribution is -2.57. The van der Waals surface area contributed by atoms with Crippen LogP contribution in [-0.4, -0.2) is 22.4 Å². The second-order valence-corrected chi connectivity index (χ2v) is 5.36. The molecule has 1 aliphatic rings. The predicted octanol–water partition coefficient (Wildman–Crippen LogP) is 2.04. The second kappa shape index (κ2) is 3.36. The molecule has 0 aliphatic carbocycles. The summed E-state index contributed by atoms with van der Waals surface area (Å²) in [5, 5.41) is 10.3. The van der Waals surface area contributed by atoms with Gasteiger partial charge in [-0.2, -0.15) is 0 Å². The molecule has 0 saturated carbocycles. The van der Waals surface area contributed by atoms with Crippen molar-refractivity contribution in [2.24, 2.45) is 0 Å². The molecule has 0 radical (unpaired) electrons. The van der Waals surface area contributed by atoms with Gasteiger partial charge < -0.3 is 10.0 Å². The van der Waals surface area contributed by atoms with Crippen molar-refractivity contribution in [2.75, 3.05) is 11.9 Å². The van der Waals surface area contributed by atoms with Crippen molar-refractivity contribution >= 4 is 34.8 Å². The van der Waals surface area contributed by atoms with Crippen molar-refractivity contribution < 1.29 is 9.90 Å². The number of hydrogen-bond donors (Lipinski definition) is 1. The molecule has 5 heteroatoms. The van der Waals surface area contributed by atoms with Crippen molar-refractivity contribution in [1.29, 1.82) is 0 Å². The smallest absolute Gasteiger partial charge is 0.266 e. The first-order chi connectivity index (χ1) is 7.30. The van der Waals surface area contributed by atoms with E-state index in [1.54, 1.807) is 31.3 Å². The van der Waals surface area contributed by atoms with Gasteiger partial charge in [0.25, 0.3) is 5.91 Å². The Kier molecular flexibility index (Phi) is 2.46. The fraction of sp³-hybridized carbons (Fsp3) is 0.364. The molecule has 1 aromatic carbocycles. The average Bonchev–Trinajstić information content (AvgIpc) is 2.25. The highest BCUT2D eigenvalue weighted by Crippen LogP contribution is 2.49. The number of alkyl halides is 2. The van der Waals surface area contributed by atoms with Crippen molar-refractivity contribution in [3.05, 3.63) is 29.8 Å². The zero-order valence-electron chi connectivity index (χ0n) is 8.87. The Labute approximate surface area is 104 Å². The molecule has 1 unspecified atom stereocenters. The third-order valence-electron chi connectivity index (χ3n) is 2.97. The van der Waals surface area contributed by atoms with Crippen molar-refractivity contribution in [3.63, 3.8) is 0 Å². The molecular weight excluding hydrogens is 249 g/mol. The molecule has 0 bridgehead atoms. The van der Waals surface area contributed by atoms with Crippen LogP contribution < -0.4 is 4.90 Å². The van der Waals surface area contributed by atoms with E-state index in [1.165, 1.54) is 11.8 Å². The summed E-state index contributed by atoms with van der Waals surface area (Å²) in [5.74, 6) is -0.528. The molecule has 86 valence electrons. The molecule has 0 aromatic heterocycles. The summed E-state index contributed by atoms with van der Waals surface area (Å²) >= 11 is 11.9. The van der Waals surface area contributed by atoms with Crippen molar-refractivity contribution in [1.82, 2.24) is 0 Å². The average molecular weight is 260 g/mol. The quantitative estimate of drug-likeness (QED) is 0.725. The predicted molar refractivity (Wildman–Crippen MR) is 63.9 cm³/mol. The van der Waals surface area contributed by atoms with Crippen LogP contribution in [0.4, 0.5) is 5.69 Å². The molecule has 3 nitrogen and oxygen atoms in total. The molecule has 1 aliphatic heterocycles. The zero-order chi connectivity index (χ0) is 12.1. The number of carbonyl (C=O) groups is 1. The van der Waals surface area contributed by atoms with Crippen LogP contribution in [0, 0.1) is 0 Å². The number of para-hydroxylation sites is 1. The fourth-order valence-corrected chi connectivity index (χ4v) is 2.33. The maximum atomic E-state index is 11.9. The SMILES string of the molecule is CN1C(=O)C(Cl)(Cl)C(C)(O)c2ccccc21. The number of halogens is 2. The number of anilines is 1. The van der Waals surface area contributed by atoms with Crippen LogP contribution in [0.1, 0.15) is 12.5 Å². The summed E-state index contributed by atoms with van der Waals surface area (Å²) in [6.45, 7) is 1.44. The van der Waals surface area contributed by atoms with Crippen LogP contribution >= 0.6 is 23.2 Å². The maximum Gasteiger partial charge on any atom is 0.266 e. The van der Waals surface area contributed by atoms with Gasteiger partial charge in [-0.3, -0.25) is 4.79 Å². The maximum absolute atomic E-state index is 11.9. The van der Waals surface area contributed by atoms with Gasteiger partial charge in [-0.05, 0) is 13.0 Å². The highest BCUT2D eigenvalue weighted by atomic mass is 35.5. The Morgan fingerprint density at radius 2 is 1.88 bits per heavy atom. The van der Waals surface area contributed by atoms with E-state index in [0.717, 1.165) is 0 Å². The van der Waals surface area contributed by atoms with Crippen LogP contribution in [0.5, 0.6) is 0 Å². The van der Waals surface area contributed by atoms with E-state index in [9.17, 15) is 9.90 Å². The molecule has 1 amide bonds. The van der Waals surface area contributed by atoms with Crippen LogP contribution in [-0.2, 0) is 10.4 Å². The lowest BCUT2D eigenvalue weighted by atomic mass is 9.86. The van der Waals surface area contributed by atoms with E-state index >= 15 is 0 Å². The number of benzene rings is 1. The first-order valence-electron chi connectivity index (χ1n) is 4.78. The summed E-state index contributed by atoms with van der Waals surface area (Å²) in [6.07, 6.45) is 0. The minimum Gasteiger partial charge on any atom is -0.382 e. The van der Waals surface area contributed by atoms with E-state index in [0.29, 0.717) is 11.3 Å². The third kappa shape index (κ3) is 1.29. The first-order valence-corrected chi connectivity index (χ1v) is 5.53. The summed E-state index contributed by atoms with van der Waals surface area (Å²) in [4.78, 5) is 13.3. The van der Waals surface area contributed by atoms with Gasteiger partial charge in [-0.1, -0.05) is 41.4 Å². The fourth-order valence-electron chi connectivity index (χ4n) is 1.88. The van der Waals surface area contributed by atoms with Gasteiger partial charge in [0.1, 0.15) is 5.60 Å². The Bertz CT molecular complexity index is 457. The number of carbonyl (C=O) groups excluding carboxylic acids is 1. The molecule has 0 spiro atoms. The number of aliphatic hydroxyl groups is 1. The molecule has 1 aromatic rings. The highest BCUT2D eigenvalue weighted by Gasteiger charge is 2.57. The normalized spacial score (nSPS) is 27.8. The molecule has 1 heterocycles. The van der Waals surface area contributed by atoms with Crippen LogP contribution in [0.25, 0.3) is 0 Å². The van der Waals surface area contributed by atoms with Crippen molar-refractivity contribution in [2.45, 2.75) is 16.9 Å². The molecule has 2 rings (SSSR count). The Hall–Kier alpha value is -0.770. The Morgan fingerprint density at radius 3 is 2.50 bits per heavy atom. The van der Waals surface area contributed by atoms with Gasteiger partial charge in [0.05, 0.1) is 0 Å². The first kappa shape index (κ1) is 11.7. The van der Waals surface area contributed by atoms with Crippen LogP contribution in [0.3, 0.4) is 0 Å². The molecular formula is C11H11Cl2NO2. The molecule has 16 heavy (non-hydrogen) atoms. The van der Waals surface area contributed by atoms with Crippen LogP contribution in [0.15, 0.2) is 24.3 Å². The summed E-state index contributed by atoms with van der Waals surface area (Å²) in [7, 11) is 1.58. The number of fused-ring (bicyclic) bond motifs is 1. The van der Waals surface area contributed by atoms with Crippen molar-refractivity contribution in [3.8, 4) is 0 Å². The number of hydrogen-bond acceptors (Lipinski definition) is 2. The van der Waals surface area contributed by atoms with Gasteiger partial charge in [-0.15, -0.1) is 0 Å². The van der Waals surface area contributed by atoms with Gasteiger partial charge in [0.2, 0.25) is 4.33 Å². The lowest BCUT2D eigenvalue weighted by molar-refractivity contribution is -0.125. The monoisotopic (exact) mass is 259 g/mol. The van der Waals surface area contributed by atoms with E-state index < -0.39 is 15.8 Å². The number of amides is 1. The summed E-state index contributed by atoms with van der Waals surface area (Å²) < 4.78 is -1.86. The third-order valence-corrected chi connectivity index (χ3v) is 4.03. The van der Waals surface area contributed by atoms with E-state index in [-0.39, 0.29) is 0 Å². The van der Waals surface area contributed by atoms with E-state index in [4.69, 9.17) is 23.2 Å². The number of rotatable bonds is 0. The summed E-state index contributed by atoms with van der Waals surface area (Å²) in [6, 6.07) is 7.00. The van der Waals surface area contributed by atoms with E-state index in [2.05, 4.69) is 0 Å². The summed E-state index contributed by atoms with van der Waals surface area (Å²) in [5.41, 5.74) is -0.437. The zero-order valence-corrected chi connectivity index (χ0v) is 10.4. The largest absolute Gasteiger partial charge is 0.382 e. The van der Waals surface area contributed by atoms with E-state index in [1.807, 2.05) is 0 Å². The topological polar surface area (TPSA) is 40.5 Å². The van der Waals surface area contributed by atoms with Gasteiger partial charge in [0, 0.05) is 18.3 Å². The van der Waals surface area contributed by atoms with Gasteiger partial charge in [0.15, 0.2) is 0 Å². The molecule has 1 atom stereocenters. The minimum absolute atomic E-state index is 0.528. The highest BCUT2D eigenvalue weighted by molar-refractivity contribution is 6.60. The second-order valence-electron chi connectivity index (χ2n) is 4.03. The standard InChI is InChI=1S/C11H11Cl2NO2/c1-10(16)7-5-3-4-6-8(7)14(2)9(15)11(10,12)13/h3-6,16H,1-2H3. The van der Waals surface area contributed by atoms with Gasteiger partial charge >= 0.3 is 0 Å². The van der Waals surface area contributed by atoms with Gasteiger partial charge in [-0.25, -0.2) is 0 Å². The lowest BCUT2D eigenvalue weighted by Gasteiger charge is -2.43. The minimum atomic E-state index is -1.86. The Morgan fingerprint density at radius 1 is 1.31 bits per heavy atom. The molecule has 0 fully saturated rings. The Balaban J connectivity index is 2.73. The molecule has 1 N–H and O–H groups in total. The van der Waals surface area contributed by atoms with Crippen LogP contribution in [0.2, 0.25) is 0 Å². The molecule has 0 saturated heterocycles. The number of nitrogens with zero attached hydrogens (tertiary/aromatic N) is 1.